The van der Waals surface area contributed by atoms with E-state index in [4.69, 9.17) is 0 Å². The van der Waals surface area contributed by atoms with Crippen LogP contribution in [0.15, 0.2) is 40.4 Å². The van der Waals surface area contributed by atoms with E-state index in [1.165, 1.54) is 21.7 Å². The number of fused-ring (bicyclic) bond motifs is 1. The maximum atomic E-state index is 15.2. The number of aryl methyl sites for hydroxylation is 1. The third-order valence-corrected chi connectivity index (χ3v) is 5.68. The molecule has 0 saturated heterocycles. The molecule has 0 fully saturated rings. The first-order valence-corrected chi connectivity index (χ1v) is 10.6. The number of halogens is 2. The van der Waals surface area contributed by atoms with E-state index in [0.717, 1.165) is 16.6 Å². The molecule has 0 amide bonds. The minimum absolute atomic E-state index is 0.0178. The second kappa shape index (κ2) is 8.53. The predicted octanol–water partition coefficient (Wildman–Crippen LogP) is 2.82. The lowest BCUT2D eigenvalue weighted by Crippen LogP contribution is -2.43. The van der Waals surface area contributed by atoms with Crippen LogP contribution in [0.5, 0.6) is 0 Å². The maximum Gasteiger partial charge on any atom is 0.264 e. The summed E-state index contributed by atoms with van der Waals surface area (Å²) in [5.41, 5.74) is 1.05. The molecule has 0 aliphatic carbocycles. The van der Waals surface area contributed by atoms with E-state index in [1.54, 1.807) is 26.0 Å². The summed E-state index contributed by atoms with van der Waals surface area (Å²) in [5, 5.41) is 25.2. The Morgan fingerprint density at radius 2 is 1.91 bits per heavy atom. The normalized spacial score (nSPS) is 16.3. The molecule has 0 spiro atoms. The third kappa shape index (κ3) is 3.75. The van der Waals surface area contributed by atoms with Gasteiger partial charge in [-0.15, -0.1) is 0 Å². The molecule has 4 rings (SSSR count). The summed E-state index contributed by atoms with van der Waals surface area (Å²) in [5.74, 6) is -1.70. The second-order valence-corrected chi connectivity index (χ2v) is 8.21. The van der Waals surface area contributed by atoms with E-state index in [-0.39, 0.29) is 34.2 Å². The molecule has 3 aromatic rings. The molecule has 1 atom stereocenters. The first kappa shape index (κ1) is 22.8. The Kier molecular flexibility index (Phi) is 5.89. The number of hydrogen-bond acceptors (Lipinski definition) is 7. The fourth-order valence-corrected chi connectivity index (χ4v) is 3.94. The van der Waals surface area contributed by atoms with E-state index in [2.05, 4.69) is 10.1 Å². The van der Waals surface area contributed by atoms with E-state index in [1.807, 2.05) is 13.8 Å². The van der Waals surface area contributed by atoms with Crippen LogP contribution in [0.2, 0.25) is 0 Å². The number of aromatic nitrogens is 2. The van der Waals surface area contributed by atoms with Gasteiger partial charge in [-0.1, -0.05) is 19.9 Å². The Morgan fingerprint density at radius 3 is 2.52 bits per heavy atom. The van der Waals surface area contributed by atoms with Gasteiger partial charge in [0.15, 0.2) is 17.5 Å². The Balaban J connectivity index is 1.97. The third-order valence-electron chi connectivity index (χ3n) is 5.68. The molecular weight excluding hydrogens is 432 g/mol. The maximum absolute atomic E-state index is 15.2. The van der Waals surface area contributed by atoms with Gasteiger partial charge in [-0.3, -0.25) is 9.36 Å². The average molecular weight is 457 g/mol. The molecule has 10 heteroatoms. The topological polar surface area (TPSA) is 94.2 Å². The van der Waals surface area contributed by atoms with Gasteiger partial charge in [0.2, 0.25) is 6.35 Å². The summed E-state index contributed by atoms with van der Waals surface area (Å²) in [7, 11) is 0. The highest BCUT2D eigenvalue weighted by molar-refractivity contribution is 5.88. The van der Waals surface area contributed by atoms with Crippen LogP contribution in [0.25, 0.3) is 16.6 Å². The van der Waals surface area contributed by atoms with Crippen LogP contribution in [-0.2, 0) is 0 Å². The van der Waals surface area contributed by atoms with Crippen LogP contribution >= 0.6 is 0 Å². The zero-order valence-corrected chi connectivity index (χ0v) is 18.8. The molecule has 2 N–H and O–H groups in total. The number of hydrogen-bond donors (Lipinski definition) is 2. The first-order valence-electron chi connectivity index (χ1n) is 10.6. The molecule has 8 nitrogen and oxygen atoms in total. The standard InChI is InChI=1S/C23H25F2N5O3/c1-5-28-19(11-31)27-30(23(28)33)21-17(25)9-14-20(26-21)15(12(2)3)10-29(22(14)32)18-8-13(4)6-7-16(18)24/h6-10,12,23,31,33H,5,11H2,1-4H3. The molecule has 0 saturated carbocycles. The van der Waals surface area contributed by atoms with Gasteiger partial charge in [-0.2, -0.15) is 10.1 Å². The summed E-state index contributed by atoms with van der Waals surface area (Å²) in [6.07, 6.45) is 0.157. The molecule has 3 heterocycles. The van der Waals surface area contributed by atoms with Gasteiger partial charge in [0.05, 0.1) is 16.6 Å². The van der Waals surface area contributed by atoms with Gasteiger partial charge < -0.3 is 15.1 Å². The zero-order chi connectivity index (χ0) is 24.0. The summed E-state index contributed by atoms with van der Waals surface area (Å²) < 4.78 is 31.0. The molecule has 2 aromatic heterocycles. The van der Waals surface area contributed by atoms with Gasteiger partial charge in [0, 0.05) is 12.7 Å². The number of amidine groups is 1. The minimum atomic E-state index is -1.36. The second-order valence-electron chi connectivity index (χ2n) is 8.21. The van der Waals surface area contributed by atoms with E-state index in [9.17, 15) is 19.4 Å². The highest BCUT2D eigenvalue weighted by Gasteiger charge is 2.35. The molecule has 1 unspecified atom stereocenters. The van der Waals surface area contributed by atoms with Gasteiger partial charge in [-0.25, -0.2) is 13.8 Å². The summed E-state index contributed by atoms with van der Waals surface area (Å²) in [4.78, 5) is 19.0. The fraction of sp³-hybridized carbons (Fsp3) is 0.348. The number of hydrazone groups is 1. The van der Waals surface area contributed by atoms with Crippen LogP contribution in [0.4, 0.5) is 14.6 Å². The highest BCUT2D eigenvalue weighted by Crippen LogP contribution is 2.30. The Hall–Kier alpha value is -3.37. The van der Waals surface area contributed by atoms with Crippen LogP contribution in [0.3, 0.4) is 0 Å². The molecule has 0 radical (unpaired) electrons. The number of likely N-dealkylation sites (N-methyl/N-ethyl adjacent to an activating group) is 1. The molecule has 0 bridgehead atoms. The van der Waals surface area contributed by atoms with Gasteiger partial charge in [-0.05, 0) is 49.1 Å². The monoisotopic (exact) mass is 457 g/mol. The number of pyridine rings is 2. The van der Waals surface area contributed by atoms with Crippen molar-refractivity contribution in [2.75, 3.05) is 18.2 Å². The van der Waals surface area contributed by atoms with E-state index >= 15 is 4.39 Å². The van der Waals surface area contributed by atoms with Crippen molar-refractivity contribution in [1.29, 1.82) is 0 Å². The van der Waals surface area contributed by atoms with Crippen molar-refractivity contribution in [2.45, 2.75) is 40.0 Å². The Labute approximate surface area is 189 Å². The summed E-state index contributed by atoms with van der Waals surface area (Å²) >= 11 is 0. The van der Waals surface area contributed by atoms with Crippen molar-refractivity contribution < 1.29 is 19.0 Å². The van der Waals surface area contributed by atoms with Gasteiger partial charge in [0.25, 0.3) is 5.56 Å². The van der Waals surface area contributed by atoms with Crippen LogP contribution < -0.4 is 10.6 Å². The van der Waals surface area contributed by atoms with Crippen molar-refractivity contribution in [3.63, 3.8) is 0 Å². The van der Waals surface area contributed by atoms with Gasteiger partial charge in [0.1, 0.15) is 12.4 Å². The highest BCUT2D eigenvalue weighted by atomic mass is 19.1. The van der Waals surface area contributed by atoms with Crippen LogP contribution in [0.1, 0.15) is 37.8 Å². The lowest BCUT2D eigenvalue weighted by atomic mass is 10.0. The van der Waals surface area contributed by atoms with Crippen molar-refractivity contribution in [2.24, 2.45) is 5.10 Å². The van der Waals surface area contributed by atoms with E-state index < -0.39 is 30.2 Å². The Morgan fingerprint density at radius 1 is 1.18 bits per heavy atom. The molecule has 33 heavy (non-hydrogen) atoms. The summed E-state index contributed by atoms with van der Waals surface area (Å²) in [6.45, 7) is 7.19. The number of aliphatic hydroxyl groups excluding tert-OH is 2. The quantitative estimate of drug-likeness (QED) is 0.612. The summed E-state index contributed by atoms with van der Waals surface area (Å²) in [6, 6.07) is 5.47. The van der Waals surface area contributed by atoms with Crippen molar-refractivity contribution in [3.8, 4) is 5.69 Å². The SMILES string of the molecule is CCN1C(CO)=NN(c2nc3c(C(C)C)cn(-c4cc(C)ccc4F)c(=O)c3cc2F)C1O. The first-order chi connectivity index (χ1) is 15.7. The fourth-order valence-electron chi connectivity index (χ4n) is 3.94. The average Bonchev–Trinajstić information content (AvgIpc) is 3.10. The number of anilines is 1. The predicted molar refractivity (Wildman–Crippen MR) is 121 cm³/mol. The zero-order valence-electron chi connectivity index (χ0n) is 18.8. The lowest BCUT2D eigenvalue weighted by Gasteiger charge is -2.26. The number of nitrogens with zero attached hydrogens (tertiary/aromatic N) is 5. The van der Waals surface area contributed by atoms with Crippen molar-refractivity contribution >= 4 is 22.6 Å². The molecule has 1 aromatic carbocycles. The lowest BCUT2D eigenvalue weighted by molar-refractivity contribution is 0.0644. The molecule has 174 valence electrons. The van der Waals surface area contributed by atoms with Gasteiger partial charge >= 0.3 is 0 Å². The van der Waals surface area contributed by atoms with E-state index in [0.29, 0.717) is 12.1 Å². The van der Waals surface area contributed by atoms with Crippen LogP contribution in [-0.4, -0.2) is 50.0 Å². The molecule has 1 aliphatic heterocycles. The van der Waals surface area contributed by atoms with Crippen LogP contribution in [0, 0.1) is 18.6 Å². The van der Waals surface area contributed by atoms with Crippen molar-refractivity contribution in [3.05, 3.63) is 63.6 Å². The van der Waals surface area contributed by atoms with Crippen molar-refractivity contribution in [1.82, 2.24) is 14.5 Å². The largest absolute Gasteiger partial charge is 0.388 e. The Bertz CT molecular complexity index is 1320. The molecular formula is C23H25F2N5O3. The smallest absolute Gasteiger partial charge is 0.264 e. The number of benzene rings is 1. The number of aliphatic hydroxyl groups is 2. The minimum Gasteiger partial charge on any atom is -0.388 e. The number of rotatable bonds is 5. The molecule has 1 aliphatic rings.